The maximum atomic E-state index is 2.51. The van der Waals surface area contributed by atoms with Crippen LogP contribution in [0, 0.1) is 0 Å². The molecule has 0 bridgehead atoms. The number of hydrogen-bond acceptors (Lipinski definition) is 0. The van der Waals surface area contributed by atoms with Gasteiger partial charge in [-0.2, -0.15) is 0 Å². The SMILES string of the molecule is c1ccc(-c2cccc(-c3ccc(-n4c5ccccc5c5cc(-c6ccc7c(c6)c6c(n7-c7ccccc7)CCCC6)ccc54)cc3)c2)cc1. The van der Waals surface area contributed by atoms with Gasteiger partial charge in [-0.3, -0.25) is 0 Å². The summed E-state index contributed by atoms with van der Waals surface area (Å²) in [5.41, 5.74) is 16.7. The normalized spacial score (nSPS) is 12.9. The molecule has 0 aliphatic heterocycles. The van der Waals surface area contributed by atoms with Crippen molar-refractivity contribution in [2.24, 2.45) is 0 Å². The van der Waals surface area contributed by atoms with E-state index in [-0.39, 0.29) is 0 Å². The molecule has 0 unspecified atom stereocenters. The smallest absolute Gasteiger partial charge is 0.0541 e. The van der Waals surface area contributed by atoms with E-state index in [2.05, 4.69) is 179 Å². The van der Waals surface area contributed by atoms with Crippen molar-refractivity contribution >= 4 is 32.7 Å². The lowest BCUT2D eigenvalue weighted by atomic mass is 9.94. The maximum absolute atomic E-state index is 2.51. The minimum atomic E-state index is 1.14. The summed E-state index contributed by atoms with van der Waals surface area (Å²) in [6.07, 6.45) is 4.81. The van der Waals surface area contributed by atoms with E-state index in [1.165, 1.54) is 102 Å². The van der Waals surface area contributed by atoms with Gasteiger partial charge in [0.1, 0.15) is 0 Å². The molecule has 238 valence electrons. The summed E-state index contributed by atoms with van der Waals surface area (Å²) in [6.45, 7) is 0. The number of fused-ring (bicyclic) bond motifs is 6. The van der Waals surface area contributed by atoms with Crippen molar-refractivity contribution in [2.45, 2.75) is 25.7 Å². The van der Waals surface area contributed by atoms with E-state index in [4.69, 9.17) is 0 Å². The Labute approximate surface area is 292 Å². The fourth-order valence-corrected chi connectivity index (χ4v) is 8.34. The molecule has 0 fully saturated rings. The predicted molar refractivity (Wildman–Crippen MR) is 211 cm³/mol. The highest BCUT2D eigenvalue weighted by Gasteiger charge is 2.22. The Morgan fingerprint density at radius 1 is 0.320 bits per heavy atom. The lowest BCUT2D eigenvalue weighted by Gasteiger charge is -2.16. The molecular weight excluding hydrogens is 605 g/mol. The van der Waals surface area contributed by atoms with E-state index >= 15 is 0 Å². The summed E-state index contributed by atoms with van der Waals surface area (Å²) < 4.78 is 4.92. The average Bonchev–Trinajstić information content (AvgIpc) is 3.71. The molecule has 9 aromatic rings. The molecule has 50 heavy (non-hydrogen) atoms. The zero-order chi connectivity index (χ0) is 33.0. The average molecular weight is 641 g/mol. The Morgan fingerprint density at radius 3 is 1.60 bits per heavy atom. The second kappa shape index (κ2) is 11.8. The standard InChI is InChI=1S/C48H36N2/c1-3-12-33(13-4-1)35-14-11-15-36(30-35)34-22-26-40(27-23-34)50-46-21-10-8-19-42(46)44-32-38(25-29-48(44)50)37-24-28-47-43(31-37)41-18-7-9-20-45(41)49(47)39-16-5-2-6-17-39/h1-6,8,10-17,19,21-32H,7,9,18,20H2. The first-order valence-electron chi connectivity index (χ1n) is 17.8. The van der Waals surface area contributed by atoms with Crippen LogP contribution >= 0.6 is 0 Å². The second-order valence-corrected chi connectivity index (χ2v) is 13.6. The molecule has 0 radical (unpaired) electrons. The van der Waals surface area contributed by atoms with Gasteiger partial charge in [-0.1, -0.05) is 109 Å². The highest BCUT2D eigenvalue weighted by Crippen LogP contribution is 2.39. The predicted octanol–water partition coefficient (Wildman–Crippen LogP) is 12.6. The summed E-state index contributed by atoms with van der Waals surface area (Å²) in [6, 6.07) is 62.3. The van der Waals surface area contributed by atoms with Crippen LogP contribution in [0.25, 0.3) is 77.5 Å². The van der Waals surface area contributed by atoms with Crippen LogP contribution < -0.4 is 0 Å². The van der Waals surface area contributed by atoms with Crippen molar-refractivity contribution in [1.29, 1.82) is 0 Å². The molecule has 2 heterocycles. The van der Waals surface area contributed by atoms with Crippen molar-refractivity contribution in [1.82, 2.24) is 9.13 Å². The van der Waals surface area contributed by atoms with Crippen LogP contribution in [0.3, 0.4) is 0 Å². The Morgan fingerprint density at radius 2 is 0.840 bits per heavy atom. The summed E-state index contributed by atoms with van der Waals surface area (Å²) in [5.74, 6) is 0. The number of nitrogens with zero attached hydrogens (tertiary/aromatic N) is 2. The molecule has 0 amide bonds. The molecule has 1 aliphatic carbocycles. The molecule has 0 saturated carbocycles. The van der Waals surface area contributed by atoms with Gasteiger partial charge in [0.25, 0.3) is 0 Å². The molecular formula is C48H36N2. The molecule has 2 heteroatoms. The van der Waals surface area contributed by atoms with Crippen molar-refractivity contribution in [3.05, 3.63) is 181 Å². The van der Waals surface area contributed by atoms with Gasteiger partial charge in [0.15, 0.2) is 0 Å². The van der Waals surface area contributed by atoms with Crippen LogP contribution in [0.1, 0.15) is 24.1 Å². The Hall–Kier alpha value is -6.12. The summed E-state index contributed by atoms with van der Waals surface area (Å²) in [5, 5.41) is 3.96. The van der Waals surface area contributed by atoms with E-state index < -0.39 is 0 Å². The van der Waals surface area contributed by atoms with E-state index in [9.17, 15) is 0 Å². The van der Waals surface area contributed by atoms with E-state index in [1.807, 2.05) is 0 Å². The van der Waals surface area contributed by atoms with E-state index in [0.29, 0.717) is 0 Å². The quantitative estimate of drug-likeness (QED) is 0.177. The van der Waals surface area contributed by atoms with Crippen LogP contribution in [0.4, 0.5) is 0 Å². The lowest BCUT2D eigenvalue weighted by Crippen LogP contribution is -2.06. The number of rotatable bonds is 5. The molecule has 7 aromatic carbocycles. The molecule has 0 N–H and O–H groups in total. The maximum Gasteiger partial charge on any atom is 0.0541 e. The number of benzene rings is 7. The van der Waals surface area contributed by atoms with Gasteiger partial charge < -0.3 is 9.13 Å². The minimum absolute atomic E-state index is 1.14. The molecule has 10 rings (SSSR count). The summed E-state index contributed by atoms with van der Waals surface area (Å²) >= 11 is 0. The Bertz CT molecular complexity index is 2670. The zero-order valence-corrected chi connectivity index (χ0v) is 27.9. The third-order valence-corrected chi connectivity index (χ3v) is 10.7. The molecule has 0 saturated heterocycles. The van der Waals surface area contributed by atoms with Crippen LogP contribution in [-0.4, -0.2) is 9.13 Å². The van der Waals surface area contributed by atoms with Crippen LogP contribution in [0.2, 0.25) is 0 Å². The topological polar surface area (TPSA) is 9.86 Å². The van der Waals surface area contributed by atoms with Gasteiger partial charge in [0.05, 0.1) is 16.6 Å². The van der Waals surface area contributed by atoms with Gasteiger partial charge in [0.2, 0.25) is 0 Å². The number of para-hydroxylation sites is 2. The molecule has 2 nitrogen and oxygen atoms in total. The molecule has 1 aliphatic rings. The third kappa shape index (κ3) is 4.71. The van der Waals surface area contributed by atoms with Crippen molar-refractivity contribution in [3.8, 4) is 44.8 Å². The first-order valence-corrected chi connectivity index (χ1v) is 17.8. The van der Waals surface area contributed by atoms with E-state index in [0.717, 1.165) is 12.8 Å². The number of aryl methyl sites for hydroxylation is 1. The number of aromatic nitrogens is 2. The zero-order valence-electron chi connectivity index (χ0n) is 27.9. The largest absolute Gasteiger partial charge is 0.313 e. The fraction of sp³-hybridized carbons (Fsp3) is 0.0833. The first-order chi connectivity index (χ1) is 24.8. The molecule has 0 atom stereocenters. The van der Waals surface area contributed by atoms with Gasteiger partial charge >= 0.3 is 0 Å². The van der Waals surface area contributed by atoms with Gasteiger partial charge in [-0.15, -0.1) is 0 Å². The van der Waals surface area contributed by atoms with Gasteiger partial charge in [-0.25, -0.2) is 0 Å². The fourth-order valence-electron chi connectivity index (χ4n) is 8.34. The monoisotopic (exact) mass is 640 g/mol. The molecule has 2 aromatic heterocycles. The van der Waals surface area contributed by atoms with Crippen LogP contribution in [-0.2, 0) is 12.8 Å². The second-order valence-electron chi connectivity index (χ2n) is 13.6. The summed E-state index contributed by atoms with van der Waals surface area (Å²) in [7, 11) is 0. The van der Waals surface area contributed by atoms with Crippen LogP contribution in [0.15, 0.2) is 170 Å². The van der Waals surface area contributed by atoms with Gasteiger partial charge in [0, 0.05) is 33.2 Å². The Balaban J connectivity index is 1.06. The molecule has 0 spiro atoms. The summed E-state index contributed by atoms with van der Waals surface area (Å²) in [4.78, 5) is 0. The highest BCUT2D eigenvalue weighted by atomic mass is 15.0. The third-order valence-electron chi connectivity index (χ3n) is 10.7. The van der Waals surface area contributed by atoms with Crippen molar-refractivity contribution < 1.29 is 0 Å². The minimum Gasteiger partial charge on any atom is -0.313 e. The number of hydrogen-bond donors (Lipinski definition) is 0. The lowest BCUT2D eigenvalue weighted by molar-refractivity contribution is 0.667. The van der Waals surface area contributed by atoms with Gasteiger partial charge in [-0.05, 0) is 125 Å². The van der Waals surface area contributed by atoms with Crippen LogP contribution in [0.5, 0.6) is 0 Å². The van der Waals surface area contributed by atoms with Crippen molar-refractivity contribution in [3.63, 3.8) is 0 Å². The Kier molecular flexibility index (Phi) is 6.80. The van der Waals surface area contributed by atoms with E-state index in [1.54, 1.807) is 0 Å². The van der Waals surface area contributed by atoms with Crippen molar-refractivity contribution in [2.75, 3.05) is 0 Å². The first kappa shape index (κ1) is 28.9. The highest BCUT2D eigenvalue weighted by molar-refractivity contribution is 6.10.